The lowest BCUT2D eigenvalue weighted by molar-refractivity contribution is -0.176. The molecule has 0 N–H and O–H groups in total. The molecule has 4 heteroatoms. The lowest BCUT2D eigenvalue weighted by Crippen LogP contribution is -2.46. The van der Waals surface area contributed by atoms with Gasteiger partial charge in [0.15, 0.2) is 5.41 Å². The van der Waals surface area contributed by atoms with Gasteiger partial charge in [-0.3, -0.25) is 9.59 Å². The highest BCUT2D eigenvalue weighted by Gasteiger charge is 2.50. The first-order valence-corrected chi connectivity index (χ1v) is 8.17. The summed E-state index contributed by atoms with van der Waals surface area (Å²) in [5, 5.41) is 0. The van der Waals surface area contributed by atoms with Crippen molar-refractivity contribution < 1.29 is 19.1 Å². The third-order valence-electron chi connectivity index (χ3n) is 3.87. The van der Waals surface area contributed by atoms with Gasteiger partial charge in [0.1, 0.15) is 0 Å². The Labute approximate surface area is 129 Å². The number of ether oxygens (including phenoxy) is 2. The van der Waals surface area contributed by atoms with Crippen LogP contribution in [-0.4, -0.2) is 25.2 Å². The number of unbranched alkanes of at least 4 members (excludes halogenated alkanes) is 1. The molecule has 0 saturated carbocycles. The first-order chi connectivity index (χ1) is 9.82. The number of hydrogen-bond donors (Lipinski definition) is 0. The summed E-state index contributed by atoms with van der Waals surface area (Å²) in [5.74, 6) is -0.399. The van der Waals surface area contributed by atoms with E-state index in [1.807, 2.05) is 13.8 Å². The molecule has 0 spiro atoms. The first-order valence-electron chi connectivity index (χ1n) is 8.17. The summed E-state index contributed by atoms with van der Waals surface area (Å²) < 4.78 is 10.3. The number of carbonyl (C=O) groups is 2. The van der Waals surface area contributed by atoms with Gasteiger partial charge in [0.05, 0.1) is 13.2 Å². The lowest BCUT2D eigenvalue weighted by atomic mass is 9.73. The monoisotopic (exact) mass is 300 g/mol. The van der Waals surface area contributed by atoms with E-state index in [9.17, 15) is 9.59 Å². The van der Waals surface area contributed by atoms with E-state index in [0.717, 1.165) is 19.3 Å². The van der Waals surface area contributed by atoms with Crippen LogP contribution in [0.5, 0.6) is 0 Å². The van der Waals surface area contributed by atoms with Crippen molar-refractivity contribution in [3.63, 3.8) is 0 Å². The maximum Gasteiger partial charge on any atom is 0.323 e. The predicted octanol–water partition coefficient (Wildman–Crippen LogP) is 3.97. The van der Waals surface area contributed by atoms with Crippen LogP contribution < -0.4 is 0 Å². The molecular formula is C17H32O4. The summed E-state index contributed by atoms with van der Waals surface area (Å²) in [7, 11) is 0. The minimum Gasteiger partial charge on any atom is -0.465 e. The molecule has 0 aliphatic carbocycles. The van der Waals surface area contributed by atoms with Gasteiger partial charge >= 0.3 is 11.9 Å². The molecule has 0 aromatic carbocycles. The third-order valence-corrected chi connectivity index (χ3v) is 3.87. The van der Waals surface area contributed by atoms with Gasteiger partial charge in [-0.2, -0.15) is 0 Å². The van der Waals surface area contributed by atoms with E-state index in [0.29, 0.717) is 12.3 Å². The maximum atomic E-state index is 12.4. The van der Waals surface area contributed by atoms with E-state index in [1.54, 1.807) is 13.8 Å². The summed E-state index contributed by atoms with van der Waals surface area (Å²) >= 11 is 0. The van der Waals surface area contributed by atoms with Crippen molar-refractivity contribution in [3.8, 4) is 0 Å². The Morgan fingerprint density at radius 1 is 0.905 bits per heavy atom. The lowest BCUT2D eigenvalue weighted by Gasteiger charge is -2.32. The average Bonchev–Trinajstić information content (AvgIpc) is 2.38. The fourth-order valence-electron chi connectivity index (χ4n) is 2.52. The molecule has 0 saturated heterocycles. The second kappa shape index (κ2) is 9.80. The molecule has 0 rings (SSSR count). The Hall–Kier alpha value is -1.06. The van der Waals surface area contributed by atoms with E-state index in [2.05, 4.69) is 13.8 Å². The van der Waals surface area contributed by atoms with Crippen LogP contribution in [0.25, 0.3) is 0 Å². The molecule has 0 aliphatic heterocycles. The van der Waals surface area contributed by atoms with Crippen molar-refractivity contribution in [2.24, 2.45) is 17.3 Å². The zero-order chi connectivity index (χ0) is 16.5. The van der Waals surface area contributed by atoms with E-state index < -0.39 is 17.4 Å². The molecular weight excluding hydrogens is 268 g/mol. The largest absolute Gasteiger partial charge is 0.465 e. The first kappa shape index (κ1) is 19.9. The van der Waals surface area contributed by atoms with Gasteiger partial charge in [-0.05, 0) is 32.1 Å². The third kappa shape index (κ3) is 5.68. The highest BCUT2D eigenvalue weighted by atomic mass is 16.6. The minimum atomic E-state index is -1.16. The average molecular weight is 300 g/mol. The topological polar surface area (TPSA) is 52.6 Å². The van der Waals surface area contributed by atoms with Gasteiger partial charge < -0.3 is 9.47 Å². The van der Waals surface area contributed by atoms with Crippen LogP contribution in [0, 0.1) is 17.3 Å². The van der Waals surface area contributed by atoms with E-state index in [-0.39, 0.29) is 19.1 Å². The number of rotatable bonds is 10. The SMILES string of the molecule is CCOC(=O)C(CCCCC(C)C)(C(=O)OCC)C(C)C. The Morgan fingerprint density at radius 3 is 1.71 bits per heavy atom. The van der Waals surface area contributed by atoms with Crippen LogP contribution in [0.3, 0.4) is 0 Å². The summed E-state index contributed by atoms with van der Waals surface area (Å²) in [6.45, 7) is 12.2. The van der Waals surface area contributed by atoms with Crippen molar-refractivity contribution in [3.05, 3.63) is 0 Å². The highest BCUT2D eigenvalue weighted by Crippen LogP contribution is 2.37. The fourth-order valence-corrected chi connectivity index (χ4v) is 2.52. The molecule has 0 radical (unpaired) electrons. The van der Waals surface area contributed by atoms with Gasteiger partial charge in [-0.25, -0.2) is 0 Å². The zero-order valence-corrected chi connectivity index (χ0v) is 14.5. The summed E-state index contributed by atoms with van der Waals surface area (Å²) in [6.07, 6.45) is 3.42. The second-order valence-corrected chi connectivity index (χ2v) is 6.21. The molecule has 124 valence electrons. The van der Waals surface area contributed by atoms with E-state index in [4.69, 9.17) is 9.47 Å². The van der Waals surface area contributed by atoms with Crippen molar-refractivity contribution in [2.45, 2.75) is 67.2 Å². The summed E-state index contributed by atoms with van der Waals surface area (Å²) in [5.41, 5.74) is -1.16. The van der Waals surface area contributed by atoms with Gasteiger partial charge in [-0.1, -0.05) is 47.0 Å². The Balaban J connectivity index is 5.09. The van der Waals surface area contributed by atoms with Crippen molar-refractivity contribution >= 4 is 11.9 Å². The van der Waals surface area contributed by atoms with Crippen LogP contribution >= 0.6 is 0 Å². The van der Waals surface area contributed by atoms with Crippen LogP contribution in [0.15, 0.2) is 0 Å². The standard InChI is InChI=1S/C17H32O4/c1-7-20-15(18)17(14(5)6,16(19)21-8-2)12-10-9-11-13(3)4/h13-14H,7-12H2,1-6H3. The van der Waals surface area contributed by atoms with Gasteiger partial charge in [-0.15, -0.1) is 0 Å². The van der Waals surface area contributed by atoms with E-state index >= 15 is 0 Å². The fraction of sp³-hybridized carbons (Fsp3) is 0.882. The molecule has 0 bridgehead atoms. The molecule has 0 aromatic heterocycles. The molecule has 0 aliphatic rings. The molecule has 21 heavy (non-hydrogen) atoms. The van der Waals surface area contributed by atoms with Crippen LogP contribution in [0.1, 0.15) is 67.2 Å². The van der Waals surface area contributed by atoms with Crippen molar-refractivity contribution in [2.75, 3.05) is 13.2 Å². The molecule has 0 heterocycles. The second-order valence-electron chi connectivity index (χ2n) is 6.21. The smallest absolute Gasteiger partial charge is 0.323 e. The molecule has 0 atom stereocenters. The Kier molecular flexibility index (Phi) is 9.31. The number of hydrogen-bond acceptors (Lipinski definition) is 4. The minimum absolute atomic E-state index is 0.144. The van der Waals surface area contributed by atoms with Crippen molar-refractivity contribution in [1.29, 1.82) is 0 Å². The van der Waals surface area contributed by atoms with Crippen LogP contribution in [-0.2, 0) is 19.1 Å². The highest BCUT2D eigenvalue weighted by molar-refractivity contribution is 6.00. The number of esters is 2. The number of carbonyl (C=O) groups excluding carboxylic acids is 2. The molecule has 0 fully saturated rings. The van der Waals surface area contributed by atoms with Gasteiger partial charge in [0.2, 0.25) is 0 Å². The molecule has 4 nitrogen and oxygen atoms in total. The molecule has 0 amide bonds. The van der Waals surface area contributed by atoms with Crippen molar-refractivity contribution in [1.82, 2.24) is 0 Å². The van der Waals surface area contributed by atoms with Crippen LogP contribution in [0.4, 0.5) is 0 Å². The summed E-state index contributed by atoms with van der Waals surface area (Å²) in [6, 6.07) is 0. The molecule has 0 unspecified atom stereocenters. The normalized spacial score (nSPS) is 11.8. The quantitative estimate of drug-likeness (QED) is 0.348. The predicted molar refractivity (Wildman–Crippen MR) is 83.8 cm³/mol. The van der Waals surface area contributed by atoms with Gasteiger partial charge in [0, 0.05) is 0 Å². The Morgan fingerprint density at radius 2 is 1.38 bits per heavy atom. The van der Waals surface area contributed by atoms with E-state index in [1.165, 1.54) is 0 Å². The van der Waals surface area contributed by atoms with Crippen LogP contribution in [0.2, 0.25) is 0 Å². The maximum absolute atomic E-state index is 12.4. The summed E-state index contributed by atoms with van der Waals surface area (Å²) in [4.78, 5) is 24.9. The van der Waals surface area contributed by atoms with Gasteiger partial charge in [0.25, 0.3) is 0 Å². The zero-order valence-electron chi connectivity index (χ0n) is 14.5. The Bertz CT molecular complexity index is 303. The molecule has 0 aromatic rings.